The maximum absolute atomic E-state index is 12.5. The van der Waals surface area contributed by atoms with Crippen LogP contribution in [-0.2, 0) is 6.18 Å². The lowest BCUT2D eigenvalue weighted by molar-refractivity contribution is -0.137. The topological polar surface area (TPSA) is 85.4 Å². The zero-order valence-electron chi connectivity index (χ0n) is 11.3. The number of methoxy groups -OCH3 is 1. The van der Waals surface area contributed by atoms with E-state index in [0.717, 1.165) is 30.3 Å². The number of nitrogens with zero attached hydrogens (tertiary/aromatic N) is 1. The zero-order chi connectivity index (χ0) is 16.5. The van der Waals surface area contributed by atoms with Crippen LogP contribution in [-0.4, -0.2) is 23.1 Å². The van der Waals surface area contributed by atoms with Gasteiger partial charge in [-0.1, -0.05) is 12.1 Å². The first-order valence-corrected chi connectivity index (χ1v) is 5.99. The number of amides is 1. The van der Waals surface area contributed by atoms with Gasteiger partial charge in [0.15, 0.2) is 0 Å². The summed E-state index contributed by atoms with van der Waals surface area (Å²) in [4.78, 5) is 15.1. The highest BCUT2D eigenvalue weighted by Gasteiger charge is 2.30. The van der Waals surface area contributed by atoms with E-state index in [1.165, 1.54) is 7.11 Å². The maximum Gasteiger partial charge on any atom is 0.416 e. The molecule has 2 aromatic rings. The highest BCUT2D eigenvalue weighted by molar-refractivity contribution is 5.96. The lowest BCUT2D eigenvalue weighted by atomic mass is 10.1. The lowest BCUT2D eigenvalue weighted by Crippen LogP contribution is -2.13. The van der Waals surface area contributed by atoms with Crippen LogP contribution < -0.4 is 10.5 Å². The third kappa shape index (κ3) is 2.95. The Morgan fingerprint density at radius 1 is 1.27 bits per heavy atom. The minimum absolute atomic E-state index is 0.0180. The van der Waals surface area contributed by atoms with Gasteiger partial charge in [0.1, 0.15) is 17.0 Å². The van der Waals surface area contributed by atoms with Crippen LogP contribution in [0.25, 0.3) is 11.3 Å². The Kier molecular flexibility index (Phi) is 3.94. The summed E-state index contributed by atoms with van der Waals surface area (Å²) in [6, 6.07) is 5.11. The summed E-state index contributed by atoms with van der Waals surface area (Å²) in [7, 11) is 1.25. The Balaban J connectivity index is 2.51. The Labute approximate surface area is 123 Å². The fourth-order valence-electron chi connectivity index (χ4n) is 1.85. The van der Waals surface area contributed by atoms with E-state index in [2.05, 4.69) is 4.98 Å². The van der Waals surface area contributed by atoms with Gasteiger partial charge in [0.2, 0.25) is 5.88 Å². The van der Waals surface area contributed by atoms with Crippen molar-refractivity contribution in [3.8, 4) is 22.9 Å². The van der Waals surface area contributed by atoms with Gasteiger partial charge in [-0.15, -0.1) is 0 Å². The first-order valence-electron chi connectivity index (χ1n) is 5.99. The fourth-order valence-corrected chi connectivity index (χ4v) is 1.85. The Bertz CT molecular complexity index is 713. The zero-order valence-corrected chi connectivity index (χ0v) is 11.3. The van der Waals surface area contributed by atoms with E-state index < -0.39 is 23.4 Å². The number of carbonyl (C=O) groups excluding carboxylic acids is 1. The fraction of sp³-hybridized carbons (Fsp3) is 0.143. The van der Waals surface area contributed by atoms with Crippen molar-refractivity contribution in [1.29, 1.82) is 0 Å². The minimum Gasteiger partial charge on any atom is -0.506 e. The van der Waals surface area contributed by atoms with Gasteiger partial charge >= 0.3 is 6.18 Å². The number of halogens is 3. The SMILES string of the molecule is COc1nc(-c2ccc(C(F)(F)F)cc2)c(O)cc1C(N)=O. The summed E-state index contributed by atoms with van der Waals surface area (Å²) in [6.07, 6.45) is -4.46. The number of rotatable bonds is 3. The number of carbonyl (C=O) groups is 1. The number of primary amides is 1. The maximum atomic E-state index is 12.5. The molecule has 0 aliphatic carbocycles. The van der Waals surface area contributed by atoms with Crippen LogP contribution in [0.1, 0.15) is 15.9 Å². The summed E-state index contributed by atoms with van der Waals surface area (Å²) in [6.45, 7) is 0. The second kappa shape index (κ2) is 5.55. The van der Waals surface area contributed by atoms with Gasteiger partial charge in [0.25, 0.3) is 5.91 Å². The predicted octanol–water partition coefficient (Wildman–Crippen LogP) is 2.58. The second-order valence-electron chi connectivity index (χ2n) is 4.35. The molecule has 0 spiro atoms. The van der Waals surface area contributed by atoms with Crippen molar-refractivity contribution in [2.45, 2.75) is 6.18 Å². The van der Waals surface area contributed by atoms with Gasteiger partial charge in [0.05, 0.1) is 12.7 Å². The number of aromatic nitrogens is 1. The smallest absolute Gasteiger partial charge is 0.416 e. The molecule has 1 aromatic carbocycles. The average molecular weight is 312 g/mol. The van der Waals surface area contributed by atoms with Crippen molar-refractivity contribution >= 4 is 5.91 Å². The molecule has 0 aliphatic rings. The van der Waals surface area contributed by atoms with Crippen LogP contribution in [0.2, 0.25) is 0 Å². The highest BCUT2D eigenvalue weighted by atomic mass is 19.4. The van der Waals surface area contributed by atoms with Gasteiger partial charge in [-0.25, -0.2) is 4.98 Å². The first kappa shape index (κ1) is 15.6. The molecule has 8 heteroatoms. The number of nitrogens with two attached hydrogens (primary N) is 1. The molecule has 116 valence electrons. The third-order valence-corrected chi connectivity index (χ3v) is 2.91. The van der Waals surface area contributed by atoms with Gasteiger partial charge in [-0.3, -0.25) is 4.79 Å². The largest absolute Gasteiger partial charge is 0.506 e. The monoisotopic (exact) mass is 312 g/mol. The van der Waals surface area contributed by atoms with Crippen molar-refractivity contribution in [3.05, 3.63) is 41.5 Å². The standard InChI is InChI=1S/C14H11F3N2O3/c1-22-13-9(12(18)21)6-10(20)11(19-13)7-2-4-8(5-3-7)14(15,16)17/h2-6,20H,1H3,(H2,18,21). The van der Waals surface area contributed by atoms with E-state index in [1.54, 1.807) is 0 Å². The van der Waals surface area contributed by atoms with Crippen molar-refractivity contribution in [3.63, 3.8) is 0 Å². The van der Waals surface area contributed by atoms with Crippen molar-refractivity contribution in [2.75, 3.05) is 7.11 Å². The van der Waals surface area contributed by atoms with Crippen LogP contribution >= 0.6 is 0 Å². The van der Waals surface area contributed by atoms with E-state index in [-0.39, 0.29) is 22.7 Å². The molecule has 0 saturated heterocycles. The van der Waals surface area contributed by atoms with E-state index >= 15 is 0 Å². The van der Waals surface area contributed by atoms with Gasteiger partial charge < -0.3 is 15.6 Å². The third-order valence-electron chi connectivity index (χ3n) is 2.91. The Hall–Kier alpha value is -2.77. The summed E-state index contributed by atoms with van der Waals surface area (Å²) in [5.41, 5.74) is 4.39. The average Bonchev–Trinajstić information content (AvgIpc) is 2.46. The molecule has 0 atom stereocenters. The van der Waals surface area contributed by atoms with E-state index in [4.69, 9.17) is 10.5 Å². The van der Waals surface area contributed by atoms with Crippen molar-refractivity contribution in [1.82, 2.24) is 4.98 Å². The molecule has 3 N–H and O–H groups in total. The molecule has 0 fully saturated rings. The molecule has 2 rings (SSSR count). The molecule has 0 bridgehead atoms. The molecular weight excluding hydrogens is 301 g/mol. The second-order valence-corrected chi connectivity index (χ2v) is 4.35. The molecule has 0 saturated carbocycles. The van der Waals surface area contributed by atoms with E-state index in [0.29, 0.717) is 0 Å². The summed E-state index contributed by atoms with van der Waals surface area (Å²) in [5.74, 6) is -1.37. The number of aromatic hydroxyl groups is 1. The van der Waals surface area contributed by atoms with Gasteiger partial charge in [0, 0.05) is 11.6 Å². The molecule has 22 heavy (non-hydrogen) atoms. The number of hydrogen-bond donors (Lipinski definition) is 2. The molecule has 0 aliphatic heterocycles. The van der Waals surface area contributed by atoms with E-state index in [1.807, 2.05) is 0 Å². The lowest BCUT2D eigenvalue weighted by Gasteiger charge is -2.11. The minimum atomic E-state index is -4.46. The van der Waals surface area contributed by atoms with Crippen LogP contribution in [0.4, 0.5) is 13.2 Å². The normalized spacial score (nSPS) is 11.3. The van der Waals surface area contributed by atoms with Gasteiger partial charge in [-0.05, 0) is 12.1 Å². The number of ether oxygens (including phenoxy) is 1. The predicted molar refractivity (Wildman–Crippen MR) is 71.4 cm³/mol. The molecule has 0 radical (unpaired) electrons. The summed E-state index contributed by atoms with van der Waals surface area (Å²) < 4.78 is 42.5. The molecule has 0 unspecified atom stereocenters. The molecular formula is C14H11F3N2O3. The van der Waals surface area contributed by atoms with Crippen LogP contribution in [0, 0.1) is 0 Å². The number of pyridine rings is 1. The van der Waals surface area contributed by atoms with Crippen LogP contribution in [0.15, 0.2) is 30.3 Å². The Morgan fingerprint density at radius 3 is 2.32 bits per heavy atom. The summed E-state index contributed by atoms with van der Waals surface area (Å²) >= 11 is 0. The highest BCUT2D eigenvalue weighted by Crippen LogP contribution is 2.34. The molecule has 1 amide bonds. The molecule has 1 aromatic heterocycles. The summed E-state index contributed by atoms with van der Waals surface area (Å²) in [5, 5.41) is 9.89. The Morgan fingerprint density at radius 2 is 1.86 bits per heavy atom. The molecule has 5 nitrogen and oxygen atoms in total. The van der Waals surface area contributed by atoms with Crippen molar-refractivity contribution in [2.24, 2.45) is 5.73 Å². The molecule has 1 heterocycles. The number of benzene rings is 1. The van der Waals surface area contributed by atoms with Crippen LogP contribution in [0.5, 0.6) is 11.6 Å². The van der Waals surface area contributed by atoms with E-state index in [9.17, 15) is 23.1 Å². The van der Waals surface area contributed by atoms with Gasteiger partial charge in [-0.2, -0.15) is 13.2 Å². The quantitative estimate of drug-likeness (QED) is 0.912. The van der Waals surface area contributed by atoms with Crippen molar-refractivity contribution < 1.29 is 27.8 Å². The number of hydrogen-bond acceptors (Lipinski definition) is 4. The first-order chi connectivity index (χ1) is 10.2. The van der Waals surface area contributed by atoms with Crippen LogP contribution in [0.3, 0.4) is 0 Å². The number of alkyl halides is 3.